The van der Waals surface area contributed by atoms with Gasteiger partial charge in [0.15, 0.2) is 17.3 Å². The Bertz CT molecular complexity index is 1110. The zero-order valence-corrected chi connectivity index (χ0v) is 21.8. The highest BCUT2D eigenvalue weighted by molar-refractivity contribution is 6.05. The van der Waals surface area contributed by atoms with E-state index in [2.05, 4.69) is 12.2 Å². The lowest BCUT2D eigenvalue weighted by Crippen LogP contribution is -2.42. The van der Waals surface area contributed by atoms with E-state index in [4.69, 9.17) is 9.47 Å². The lowest BCUT2D eigenvalue weighted by Gasteiger charge is -2.36. The van der Waals surface area contributed by atoms with E-state index in [0.717, 1.165) is 63.4 Å². The molecule has 1 heterocycles. The molecule has 0 atom stereocenters. The van der Waals surface area contributed by atoms with Gasteiger partial charge in [-0.25, -0.2) is 4.39 Å². The van der Waals surface area contributed by atoms with Crippen molar-refractivity contribution in [3.63, 3.8) is 0 Å². The molecule has 1 saturated carbocycles. The molecule has 2 aromatic rings. The first-order valence-corrected chi connectivity index (χ1v) is 13.2. The van der Waals surface area contributed by atoms with Crippen molar-refractivity contribution in [1.29, 1.82) is 0 Å². The standard InChI is InChI=1S/C29H36F2N2O4/c1-4-18-5-7-21(8-6-18)29(35)33-15-13-20(14-16-33)19-9-11-22(12-10-19)32-28(34)23-17-24(36-2)26(31)27(37-3)25(23)30/h9-12,17-18,20-21H,4-8,13-16H2,1-3H3,(H,32,34). The fraction of sp³-hybridized carbons (Fsp3) is 0.517. The van der Waals surface area contributed by atoms with Crippen LogP contribution in [0.5, 0.6) is 11.5 Å². The van der Waals surface area contributed by atoms with Crippen LogP contribution in [0.3, 0.4) is 0 Å². The van der Waals surface area contributed by atoms with Crippen LogP contribution in [0, 0.1) is 23.5 Å². The summed E-state index contributed by atoms with van der Waals surface area (Å²) in [5.74, 6) is -2.14. The molecule has 2 amide bonds. The van der Waals surface area contributed by atoms with E-state index in [9.17, 15) is 18.4 Å². The molecule has 1 aliphatic carbocycles. The first kappa shape index (κ1) is 26.9. The summed E-state index contributed by atoms with van der Waals surface area (Å²) in [6.07, 6.45) is 7.39. The van der Waals surface area contributed by atoms with Gasteiger partial charge in [0.05, 0.1) is 19.8 Å². The quantitative estimate of drug-likeness (QED) is 0.481. The zero-order chi connectivity index (χ0) is 26.5. The second-order valence-corrected chi connectivity index (χ2v) is 10.1. The second-order valence-electron chi connectivity index (χ2n) is 10.1. The molecule has 4 rings (SSSR count). The average Bonchev–Trinajstić information content (AvgIpc) is 2.93. The molecule has 0 bridgehead atoms. The molecule has 2 aromatic carbocycles. The molecule has 1 N–H and O–H groups in total. The molecule has 37 heavy (non-hydrogen) atoms. The Morgan fingerprint density at radius 3 is 2.16 bits per heavy atom. The van der Waals surface area contributed by atoms with Gasteiger partial charge in [0.2, 0.25) is 11.7 Å². The number of ether oxygens (including phenoxy) is 2. The molecule has 0 unspecified atom stereocenters. The van der Waals surface area contributed by atoms with Crippen molar-refractivity contribution >= 4 is 17.5 Å². The van der Waals surface area contributed by atoms with Crippen molar-refractivity contribution in [3.05, 3.63) is 53.1 Å². The van der Waals surface area contributed by atoms with Crippen LogP contribution in [0.25, 0.3) is 0 Å². The van der Waals surface area contributed by atoms with E-state index in [0.29, 0.717) is 17.5 Å². The Hall–Kier alpha value is -3.16. The molecule has 0 radical (unpaired) electrons. The Kier molecular flexibility index (Phi) is 8.67. The summed E-state index contributed by atoms with van der Waals surface area (Å²) < 4.78 is 38.5. The maximum atomic E-state index is 14.6. The molecule has 2 fully saturated rings. The number of hydrogen-bond acceptors (Lipinski definition) is 4. The van der Waals surface area contributed by atoms with Gasteiger partial charge in [-0.1, -0.05) is 25.5 Å². The summed E-state index contributed by atoms with van der Waals surface area (Å²) in [6, 6.07) is 8.46. The van der Waals surface area contributed by atoms with Crippen molar-refractivity contribution < 1.29 is 27.8 Å². The Morgan fingerprint density at radius 1 is 0.946 bits per heavy atom. The number of anilines is 1. The van der Waals surface area contributed by atoms with Gasteiger partial charge in [-0.3, -0.25) is 9.59 Å². The Labute approximate surface area is 217 Å². The third kappa shape index (κ3) is 5.89. The fourth-order valence-corrected chi connectivity index (χ4v) is 5.63. The van der Waals surface area contributed by atoms with Gasteiger partial charge in [0.25, 0.3) is 5.91 Å². The van der Waals surface area contributed by atoms with Gasteiger partial charge in [0, 0.05) is 24.7 Å². The highest BCUT2D eigenvalue weighted by atomic mass is 19.1. The van der Waals surface area contributed by atoms with Crippen molar-refractivity contribution in [2.24, 2.45) is 11.8 Å². The van der Waals surface area contributed by atoms with Crippen LogP contribution in [-0.4, -0.2) is 44.0 Å². The third-order valence-electron chi connectivity index (χ3n) is 8.02. The number of nitrogens with zero attached hydrogens (tertiary/aromatic N) is 1. The maximum absolute atomic E-state index is 14.6. The van der Waals surface area contributed by atoms with E-state index in [1.54, 1.807) is 12.1 Å². The minimum absolute atomic E-state index is 0.188. The van der Waals surface area contributed by atoms with E-state index < -0.39 is 23.3 Å². The number of piperidine rings is 1. The van der Waals surface area contributed by atoms with Gasteiger partial charge >= 0.3 is 0 Å². The molecule has 0 aromatic heterocycles. The van der Waals surface area contributed by atoms with E-state index in [-0.39, 0.29) is 17.2 Å². The summed E-state index contributed by atoms with van der Waals surface area (Å²) in [5, 5.41) is 2.65. The highest BCUT2D eigenvalue weighted by Gasteiger charge is 2.31. The summed E-state index contributed by atoms with van der Waals surface area (Å²) >= 11 is 0. The molecule has 0 spiro atoms. The van der Waals surface area contributed by atoms with Crippen molar-refractivity contribution in [2.45, 2.75) is 57.8 Å². The molecule has 6 nitrogen and oxygen atoms in total. The normalized spacial score (nSPS) is 20.4. The smallest absolute Gasteiger partial charge is 0.258 e. The molecule has 200 valence electrons. The van der Waals surface area contributed by atoms with Crippen LogP contribution in [0.1, 0.15) is 73.7 Å². The van der Waals surface area contributed by atoms with E-state index in [1.807, 2.05) is 17.0 Å². The predicted octanol–water partition coefficient (Wildman–Crippen LogP) is 6.16. The molecule has 8 heteroatoms. The predicted molar refractivity (Wildman–Crippen MR) is 138 cm³/mol. The lowest BCUT2D eigenvalue weighted by atomic mass is 9.80. The monoisotopic (exact) mass is 514 g/mol. The van der Waals surface area contributed by atoms with E-state index in [1.165, 1.54) is 26.4 Å². The summed E-state index contributed by atoms with van der Waals surface area (Å²) in [7, 11) is 2.35. The van der Waals surface area contributed by atoms with Gasteiger partial charge < -0.3 is 19.7 Å². The topological polar surface area (TPSA) is 67.9 Å². The van der Waals surface area contributed by atoms with Gasteiger partial charge in [-0.05, 0) is 74.1 Å². The number of rotatable bonds is 7. The first-order valence-electron chi connectivity index (χ1n) is 13.2. The lowest BCUT2D eigenvalue weighted by molar-refractivity contribution is -0.138. The van der Waals surface area contributed by atoms with Crippen LogP contribution in [-0.2, 0) is 4.79 Å². The third-order valence-corrected chi connectivity index (χ3v) is 8.02. The Balaban J connectivity index is 1.34. The van der Waals surface area contributed by atoms with Crippen LogP contribution in [0.4, 0.5) is 14.5 Å². The van der Waals surface area contributed by atoms with Crippen molar-refractivity contribution in [3.8, 4) is 11.5 Å². The Morgan fingerprint density at radius 2 is 1.59 bits per heavy atom. The first-order chi connectivity index (χ1) is 17.9. The minimum atomic E-state index is -1.09. The molecule has 1 saturated heterocycles. The number of likely N-dealkylation sites (tertiary alicyclic amines) is 1. The molecule has 1 aliphatic heterocycles. The SMILES string of the molecule is CCC1CCC(C(=O)N2CCC(c3ccc(NC(=O)c4cc(OC)c(F)c(OC)c4F)cc3)CC2)CC1. The number of nitrogens with one attached hydrogen (secondary N) is 1. The summed E-state index contributed by atoms with van der Waals surface area (Å²) in [6.45, 7) is 3.77. The summed E-state index contributed by atoms with van der Waals surface area (Å²) in [5.41, 5.74) is 1.26. The number of hydrogen-bond donors (Lipinski definition) is 1. The van der Waals surface area contributed by atoms with Crippen LogP contribution in [0.15, 0.2) is 30.3 Å². The summed E-state index contributed by atoms with van der Waals surface area (Å²) in [4.78, 5) is 27.8. The van der Waals surface area contributed by atoms with Gasteiger partial charge in [-0.2, -0.15) is 4.39 Å². The molecule has 2 aliphatic rings. The number of halogens is 2. The van der Waals surface area contributed by atoms with Crippen LogP contribution in [0.2, 0.25) is 0 Å². The number of amides is 2. The number of benzene rings is 2. The highest BCUT2D eigenvalue weighted by Crippen LogP contribution is 2.35. The number of carbonyl (C=O) groups excluding carboxylic acids is 2. The molecular weight excluding hydrogens is 478 g/mol. The van der Waals surface area contributed by atoms with Crippen LogP contribution < -0.4 is 14.8 Å². The van der Waals surface area contributed by atoms with Gasteiger partial charge in [-0.15, -0.1) is 0 Å². The number of carbonyl (C=O) groups is 2. The number of methoxy groups -OCH3 is 2. The fourth-order valence-electron chi connectivity index (χ4n) is 5.63. The molecular formula is C29H36F2N2O4. The second kappa shape index (κ2) is 11.9. The minimum Gasteiger partial charge on any atom is -0.494 e. The van der Waals surface area contributed by atoms with Crippen molar-refractivity contribution in [2.75, 3.05) is 32.6 Å². The zero-order valence-electron chi connectivity index (χ0n) is 21.8. The van der Waals surface area contributed by atoms with Crippen molar-refractivity contribution in [1.82, 2.24) is 4.90 Å². The average molecular weight is 515 g/mol. The maximum Gasteiger partial charge on any atom is 0.258 e. The van der Waals surface area contributed by atoms with E-state index >= 15 is 0 Å². The largest absolute Gasteiger partial charge is 0.494 e. The van der Waals surface area contributed by atoms with Crippen LogP contribution >= 0.6 is 0 Å². The van der Waals surface area contributed by atoms with Gasteiger partial charge in [0.1, 0.15) is 0 Å².